The van der Waals surface area contributed by atoms with E-state index in [9.17, 15) is 9.59 Å². The van der Waals surface area contributed by atoms with Gasteiger partial charge >= 0.3 is 0 Å². The van der Waals surface area contributed by atoms with Crippen LogP contribution < -0.4 is 10.1 Å². The average Bonchev–Trinajstić information content (AvgIpc) is 2.48. The summed E-state index contributed by atoms with van der Waals surface area (Å²) in [6, 6.07) is 3.82. The van der Waals surface area contributed by atoms with Crippen molar-refractivity contribution in [2.45, 2.75) is 52.5 Å². The van der Waals surface area contributed by atoms with Crippen LogP contribution in [-0.2, 0) is 4.79 Å². The molecule has 1 aliphatic carbocycles. The summed E-state index contributed by atoms with van der Waals surface area (Å²) < 4.78 is 5.68. The van der Waals surface area contributed by atoms with Gasteiger partial charge in [-0.3, -0.25) is 9.59 Å². The van der Waals surface area contributed by atoms with Crippen LogP contribution in [0, 0.1) is 19.8 Å². The van der Waals surface area contributed by atoms with Gasteiger partial charge in [0.15, 0.2) is 6.61 Å². The zero-order valence-electron chi connectivity index (χ0n) is 13.6. The van der Waals surface area contributed by atoms with Crippen LogP contribution in [0.4, 0.5) is 0 Å². The summed E-state index contributed by atoms with van der Waals surface area (Å²) in [5, 5.41) is 3.08. The minimum absolute atomic E-state index is 0.0192. The Morgan fingerprint density at radius 1 is 1.27 bits per heavy atom. The van der Waals surface area contributed by atoms with Crippen molar-refractivity contribution in [3.63, 3.8) is 0 Å². The predicted octanol–water partition coefficient (Wildman–Crippen LogP) is 3.19. The largest absolute Gasteiger partial charge is 0.483 e. The Balaban J connectivity index is 1.92. The number of aldehydes is 1. The monoisotopic (exact) mass is 303 g/mol. The van der Waals surface area contributed by atoms with Crippen LogP contribution in [0.3, 0.4) is 0 Å². The zero-order chi connectivity index (χ0) is 16.1. The second kappa shape index (κ2) is 7.43. The van der Waals surface area contributed by atoms with Crippen molar-refractivity contribution >= 4 is 12.2 Å². The lowest BCUT2D eigenvalue weighted by molar-refractivity contribution is -0.124. The Morgan fingerprint density at radius 3 is 2.50 bits per heavy atom. The minimum Gasteiger partial charge on any atom is -0.483 e. The summed E-state index contributed by atoms with van der Waals surface area (Å²) in [6.45, 7) is 5.98. The Bertz CT molecular complexity index is 530. The maximum absolute atomic E-state index is 12.1. The summed E-state index contributed by atoms with van der Waals surface area (Å²) in [5.41, 5.74) is 2.38. The highest BCUT2D eigenvalue weighted by molar-refractivity contribution is 5.78. The molecule has 0 bridgehead atoms. The molecule has 0 saturated heterocycles. The molecule has 0 spiro atoms. The molecule has 0 radical (unpaired) electrons. The first kappa shape index (κ1) is 16.5. The van der Waals surface area contributed by atoms with Crippen LogP contribution in [0.15, 0.2) is 12.1 Å². The van der Waals surface area contributed by atoms with Gasteiger partial charge in [0.1, 0.15) is 12.0 Å². The van der Waals surface area contributed by atoms with E-state index >= 15 is 0 Å². The van der Waals surface area contributed by atoms with Gasteiger partial charge in [0.05, 0.1) is 0 Å². The highest BCUT2D eigenvalue weighted by Gasteiger charge is 2.23. The van der Waals surface area contributed by atoms with Crippen LogP contribution in [0.2, 0.25) is 0 Å². The first-order chi connectivity index (χ1) is 10.5. The second-order valence-corrected chi connectivity index (χ2v) is 6.33. The van der Waals surface area contributed by atoms with Crippen molar-refractivity contribution in [2.75, 3.05) is 6.61 Å². The maximum Gasteiger partial charge on any atom is 0.258 e. The fourth-order valence-electron chi connectivity index (χ4n) is 3.20. The first-order valence-corrected chi connectivity index (χ1v) is 8.00. The quantitative estimate of drug-likeness (QED) is 0.850. The topological polar surface area (TPSA) is 55.4 Å². The third-order valence-electron chi connectivity index (χ3n) is 4.42. The van der Waals surface area contributed by atoms with E-state index in [1.165, 1.54) is 19.3 Å². The summed E-state index contributed by atoms with van der Waals surface area (Å²) in [7, 11) is 0. The van der Waals surface area contributed by atoms with Crippen LogP contribution >= 0.6 is 0 Å². The van der Waals surface area contributed by atoms with Crippen molar-refractivity contribution < 1.29 is 14.3 Å². The first-order valence-electron chi connectivity index (χ1n) is 8.00. The molecule has 1 aromatic rings. The number of ether oxygens (including phenoxy) is 1. The fraction of sp³-hybridized carbons (Fsp3) is 0.556. The highest BCUT2D eigenvalue weighted by atomic mass is 16.5. The molecule has 22 heavy (non-hydrogen) atoms. The van der Waals surface area contributed by atoms with Gasteiger partial charge < -0.3 is 10.1 Å². The molecular weight excluding hydrogens is 278 g/mol. The van der Waals surface area contributed by atoms with Crippen LogP contribution in [0.25, 0.3) is 0 Å². The number of aryl methyl sites for hydroxylation is 2. The van der Waals surface area contributed by atoms with E-state index in [-0.39, 0.29) is 18.6 Å². The van der Waals surface area contributed by atoms with Gasteiger partial charge in [-0.1, -0.05) is 19.8 Å². The average molecular weight is 303 g/mol. The molecule has 1 aromatic carbocycles. The third kappa shape index (κ3) is 4.09. The minimum atomic E-state index is -0.0722. The van der Waals surface area contributed by atoms with Gasteiger partial charge in [0.2, 0.25) is 0 Å². The van der Waals surface area contributed by atoms with Crippen LogP contribution in [0.5, 0.6) is 5.75 Å². The molecule has 120 valence electrons. The zero-order valence-corrected chi connectivity index (χ0v) is 13.6. The standard InChI is InChI=1S/C18H25NO3/c1-12-6-4-5-7-16(12)19-17(21)11-22-18-13(2)8-15(10-20)9-14(18)3/h8-10,12,16H,4-7,11H2,1-3H3,(H,19,21)/t12-,16+/m0/s1. The number of hydrogen-bond donors (Lipinski definition) is 1. The van der Waals surface area contributed by atoms with E-state index in [2.05, 4.69) is 12.2 Å². The molecule has 0 aliphatic heterocycles. The summed E-state index contributed by atoms with van der Waals surface area (Å²) in [5.74, 6) is 1.16. The van der Waals surface area contributed by atoms with Gasteiger partial charge in [-0.25, -0.2) is 0 Å². The van der Waals surface area contributed by atoms with Crippen molar-refractivity contribution in [2.24, 2.45) is 5.92 Å². The van der Waals surface area contributed by atoms with E-state index < -0.39 is 0 Å². The van der Waals surface area contributed by atoms with E-state index in [0.717, 1.165) is 23.8 Å². The summed E-state index contributed by atoms with van der Waals surface area (Å²) in [6.07, 6.45) is 5.49. The number of carbonyl (C=O) groups excluding carboxylic acids is 2. The number of rotatable bonds is 5. The number of amides is 1. The van der Waals surface area contributed by atoms with Gasteiger partial charge in [-0.15, -0.1) is 0 Å². The molecule has 1 fully saturated rings. The van der Waals surface area contributed by atoms with E-state index in [0.29, 0.717) is 17.2 Å². The van der Waals surface area contributed by atoms with Crippen LogP contribution in [0.1, 0.15) is 54.1 Å². The number of nitrogens with one attached hydrogen (secondary N) is 1. The maximum atomic E-state index is 12.1. The molecule has 4 nitrogen and oxygen atoms in total. The molecule has 4 heteroatoms. The normalized spacial score (nSPS) is 21.2. The number of benzene rings is 1. The second-order valence-electron chi connectivity index (χ2n) is 6.33. The van der Waals surface area contributed by atoms with Crippen molar-refractivity contribution in [1.82, 2.24) is 5.32 Å². The summed E-state index contributed by atoms with van der Waals surface area (Å²) >= 11 is 0. The van der Waals surface area contributed by atoms with E-state index in [1.54, 1.807) is 12.1 Å². The molecule has 1 N–H and O–H groups in total. The fourth-order valence-corrected chi connectivity index (χ4v) is 3.20. The molecular formula is C18H25NO3. The lowest BCUT2D eigenvalue weighted by atomic mass is 9.86. The molecule has 0 aromatic heterocycles. The van der Waals surface area contributed by atoms with Gasteiger partial charge in [-0.05, 0) is 55.9 Å². The smallest absolute Gasteiger partial charge is 0.258 e. The van der Waals surface area contributed by atoms with Crippen molar-refractivity contribution in [1.29, 1.82) is 0 Å². The Kier molecular flexibility index (Phi) is 5.58. The molecule has 1 saturated carbocycles. The van der Waals surface area contributed by atoms with Crippen molar-refractivity contribution in [3.8, 4) is 5.75 Å². The van der Waals surface area contributed by atoms with Gasteiger partial charge in [-0.2, -0.15) is 0 Å². The summed E-state index contributed by atoms with van der Waals surface area (Å²) in [4.78, 5) is 22.9. The highest BCUT2D eigenvalue weighted by Crippen LogP contribution is 2.25. The lowest BCUT2D eigenvalue weighted by Crippen LogP contribution is -2.43. The van der Waals surface area contributed by atoms with Crippen molar-refractivity contribution in [3.05, 3.63) is 28.8 Å². The predicted molar refractivity (Wildman–Crippen MR) is 86.4 cm³/mol. The number of carbonyl (C=O) groups is 2. The lowest BCUT2D eigenvalue weighted by Gasteiger charge is -2.29. The Morgan fingerprint density at radius 2 is 1.91 bits per heavy atom. The van der Waals surface area contributed by atoms with Gasteiger partial charge in [0, 0.05) is 11.6 Å². The van der Waals surface area contributed by atoms with Crippen LogP contribution in [-0.4, -0.2) is 24.8 Å². The molecule has 2 atom stereocenters. The van der Waals surface area contributed by atoms with Gasteiger partial charge in [0.25, 0.3) is 5.91 Å². The van der Waals surface area contributed by atoms with E-state index in [4.69, 9.17) is 4.74 Å². The Hall–Kier alpha value is -1.84. The third-order valence-corrected chi connectivity index (χ3v) is 4.42. The number of hydrogen-bond acceptors (Lipinski definition) is 3. The SMILES string of the molecule is Cc1cc(C=O)cc(C)c1OCC(=O)N[C@@H]1CCCC[C@@H]1C. The van der Waals surface area contributed by atoms with E-state index in [1.807, 2.05) is 13.8 Å². The molecule has 0 unspecified atom stereocenters. The molecule has 2 rings (SSSR count). The molecule has 0 heterocycles. The molecule has 1 aliphatic rings. The molecule has 1 amide bonds. The Labute approximate surface area is 132 Å².